The molecule has 0 aromatic heterocycles. The van der Waals surface area contributed by atoms with Crippen LogP contribution in [0, 0.1) is 23.2 Å². The van der Waals surface area contributed by atoms with Crippen LogP contribution in [0.3, 0.4) is 0 Å². The van der Waals surface area contributed by atoms with Gasteiger partial charge in [-0.25, -0.2) is 0 Å². The number of rotatable bonds is 1. The second-order valence-corrected chi connectivity index (χ2v) is 3.91. The van der Waals surface area contributed by atoms with Crippen molar-refractivity contribution < 1.29 is 0 Å². The van der Waals surface area contributed by atoms with Crippen molar-refractivity contribution in [1.29, 1.82) is 5.26 Å². The summed E-state index contributed by atoms with van der Waals surface area (Å²) in [7, 11) is 1.92. The maximum absolute atomic E-state index is 9.03. The molecule has 0 aromatic carbocycles. The van der Waals surface area contributed by atoms with E-state index >= 15 is 0 Å². The van der Waals surface area contributed by atoms with Crippen molar-refractivity contribution in [3.8, 4) is 6.07 Å². The molecule has 0 heterocycles. The Morgan fingerprint density at radius 3 is 2.64 bits per heavy atom. The Labute approximate surface area is 67.6 Å². The van der Waals surface area contributed by atoms with Gasteiger partial charge in [0.2, 0.25) is 0 Å². The highest BCUT2D eigenvalue weighted by Crippen LogP contribution is 2.50. The van der Waals surface area contributed by atoms with E-state index in [9.17, 15) is 0 Å². The minimum atomic E-state index is -0.150. The largest absolute Gasteiger partial charge is 0.302 e. The summed E-state index contributed by atoms with van der Waals surface area (Å²) in [6.45, 7) is 0. The molecule has 11 heavy (non-hydrogen) atoms. The lowest BCUT2D eigenvalue weighted by molar-refractivity contribution is 0.292. The summed E-state index contributed by atoms with van der Waals surface area (Å²) in [5.74, 6) is 1.48. The van der Waals surface area contributed by atoms with Gasteiger partial charge >= 0.3 is 0 Å². The van der Waals surface area contributed by atoms with Crippen molar-refractivity contribution in [3.63, 3.8) is 0 Å². The molecule has 0 saturated heterocycles. The van der Waals surface area contributed by atoms with Crippen LogP contribution in [-0.4, -0.2) is 12.6 Å². The molecule has 2 bridgehead atoms. The van der Waals surface area contributed by atoms with Gasteiger partial charge in [0, 0.05) is 0 Å². The van der Waals surface area contributed by atoms with E-state index in [0.29, 0.717) is 5.92 Å². The Kier molecular flexibility index (Phi) is 1.43. The van der Waals surface area contributed by atoms with Crippen LogP contribution >= 0.6 is 0 Å². The summed E-state index contributed by atoms with van der Waals surface area (Å²) in [6.07, 6.45) is 4.99. The van der Waals surface area contributed by atoms with E-state index in [-0.39, 0.29) is 5.54 Å². The molecule has 2 fully saturated rings. The molecule has 2 aliphatic rings. The molecule has 2 saturated carbocycles. The zero-order chi connectivity index (χ0) is 7.90. The number of fused-ring (bicyclic) bond motifs is 2. The summed E-state index contributed by atoms with van der Waals surface area (Å²) in [5.41, 5.74) is -0.150. The Balaban J connectivity index is 2.22. The summed E-state index contributed by atoms with van der Waals surface area (Å²) in [6, 6.07) is 2.45. The molecule has 0 aromatic rings. The first-order valence-corrected chi connectivity index (χ1v) is 4.41. The molecule has 3 atom stereocenters. The first kappa shape index (κ1) is 7.12. The third kappa shape index (κ3) is 0.810. The summed E-state index contributed by atoms with van der Waals surface area (Å²) in [5, 5.41) is 12.2. The van der Waals surface area contributed by atoms with Gasteiger partial charge in [-0.15, -0.1) is 0 Å². The van der Waals surface area contributed by atoms with Crippen LogP contribution in [0.5, 0.6) is 0 Å². The molecule has 0 aliphatic heterocycles. The fourth-order valence-corrected chi connectivity index (χ4v) is 2.83. The molecule has 2 rings (SSSR count). The normalized spacial score (nSPS) is 47.6. The highest BCUT2D eigenvalue weighted by atomic mass is 15.0. The third-order valence-electron chi connectivity index (χ3n) is 3.49. The first-order chi connectivity index (χ1) is 5.30. The van der Waals surface area contributed by atoms with Crippen LogP contribution in [0.15, 0.2) is 0 Å². The highest BCUT2D eigenvalue weighted by Gasteiger charge is 2.50. The van der Waals surface area contributed by atoms with E-state index in [1.807, 2.05) is 7.05 Å². The number of nitrogens with zero attached hydrogens (tertiary/aromatic N) is 1. The van der Waals surface area contributed by atoms with Crippen molar-refractivity contribution in [1.82, 2.24) is 5.32 Å². The van der Waals surface area contributed by atoms with Crippen molar-refractivity contribution >= 4 is 0 Å². The van der Waals surface area contributed by atoms with E-state index < -0.39 is 0 Å². The molecule has 0 spiro atoms. The number of hydrogen-bond acceptors (Lipinski definition) is 2. The molecule has 2 heteroatoms. The van der Waals surface area contributed by atoms with E-state index in [0.717, 1.165) is 12.3 Å². The zero-order valence-corrected chi connectivity index (χ0v) is 6.93. The van der Waals surface area contributed by atoms with E-state index in [1.54, 1.807) is 0 Å². The van der Waals surface area contributed by atoms with Crippen molar-refractivity contribution in [2.24, 2.45) is 11.8 Å². The Morgan fingerprint density at radius 1 is 1.55 bits per heavy atom. The number of nitrogens with one attached hydrogen (secondary N) is 1. The molecule has 3 unspecified atom stereocenters. The van der Waals surface area contributed by atoms with Gasteiger partial charge in [-0.2, -0.15) is 5.26 Å². The molecule has 2 nitrogen and oxygen atoms in total. The first-order valence-electron chi connectivity index (χ1n) is 4.41. The van der Waals surface area contributed by atoms with Crippen LogP contribution in [-0.2, 0) is 0 Å². The fraction of sp³-hybridized carbons (Fsp3) is 0.889. The SMILES string of the molecule is CNC1(C#N)CC2CCC1C2. The van der Waals surface area contributed by atoms with Gasteiger partial charge in [0.1, 0.15) is 5.54 Å². The molecule has 2 aliphatic carbocycles. The van der Waals surface area contributed by atoms with Gasteiger partial charge in [0.25, 0.3) is 0 Å². The maximum Gasteiger partial charge on any atom is 0.109 e. The smallest absolute Gasteiger partial charge is 0.109 e. The third-order valence-corrected chi connectivity index (χ3v) is 3.49. The van der Waals surface area contributed by atoms with Gasteiger partial charge in [-0.3, -0.25) is 0 Å². The Morgan fingerprint density at radius 2 is 2.36 bits per heavy atom. The van der Waals surface area contributed by atoms with Gasteiger partial charge in [-0.1, -0.05) is 0 Å². The minimum Gasteiger partial charge on any atom is -0.302 e. The second kappa shape index (κ2) is 2.22. The molecule has 1 N–H and O–H groups in total. The fourth-order valence-electron chi connectivity index (χ4n) is 2.83. The lowest BCUT2D eigenvalue weighted by Gasteiger charge is -2.30. The Bertz CT molecular complexity index is 206. The van der Waals surface area contributed by atoms with Crippen molar-refractivity contribution in [2.75, 3.05) is 7.05 Å². The second-order valence-electron chi connectivity index (χ2n) is 3.91. The highest BCUT2D eigenvalue weighted by molar-refractivity contribution is 5.17. The van der Waals surface area contributed by atoms with Crippen molar-refractivity contribution in [2.45, 2.75) is 31.2 Å². The quantitative estimate of drug-likeness (QED) is 0.611. The lowest BCUT2D eigenvalue weighted by atomic mass is 9.82. The maximum atomic E-state index is 9.03. The van der Waals surface area contributed by atoms with Gasteiger partial charge < -0.3 is 5.32 Å². The average molecular weight is 150 g/mol. The number of hydrogen-bond donors (Lipinski definition) is 1. The molecule has 0 amide bonds. The molecule has 0 radical (unpaired) electrons. The van der Waals surface area contributed by atoms with E-state index in [4.69, 9.17) is 5.26 Å². The number of nitriles is 1. The van der Waals surface area contributed by atoms with E-state index in [2.05, 4.69) is 11.4 Å². The van der Waals surface area contributed by atoms with Gasteiger partial charge in [0.05, 0.1) is 6.07 Å². The van der Waals surface area contributed by atoms with Crippen LogP contribution in [0.1, 0.15) is 25.7 Å². The van der Waals surface area contributed by atoms with Crippen LogP contribution in [0.2, 0.25) is 0 Å². The van der Waals surface area contributed by atoms with Gasteiger partial charge in [0.15, 0.2) is 0 Å². The minimum absolute atomic E-state index is 0.150. The van der Waals surface area contributed by atoms with Crippen molar-refractivity contribution in [3.05, 3.63) is 0 Å². The zero-order valence-electron chi connectivity index (χ0n) is 6.93. The lowest BCUT2D eigenvalue weighted by Crippen LogP contribution is -2.46. The summed E-state index contributed by atoms with van der Waals surface area (Å²) >= 11 is 0. The summed E-state index contributed by atoms with van der Waals surface area (Å²) < 4.78 is 0. The predicted molar refractivity (Wildman–Crippen MR) is 42.9 cm³/mol. The average Bonchev–Trinajstić information content (AvgIpc) is 2.62. The molecular formula is C9H14N2. The van der Waals surface area contributed by atoms with Crippen LogP contribution in [0.4, 0.5) is 0 Å². The topological polar surface area (TPSA) is 35.8 Å². The standard InChI is InChI=1S/C9H14N2/c1-11-9(6-10)5-7-2-3-8(9)4-7/h7-8,11H,2-5H2,1H3. The predicted octanol–water partition coefficient (Wildman–Crippen LogP) is 1.29. The summed E-state index contributed by atoms with van der Waals surface area (Å²) in [4.78, 5) is 0. The molecule has 60 valence electrons. The Hall–Kier alpha value is -0.550. The monoisotopic (exact) mass is 150 g/mol. The van der Waals surface area contributed by atoms with Crippen LogP contribution < -0.4 is 5.32 Å². The molecular weight excluding hydrogens is 136 g/mol. The van der Waals surface area contributed by atoms with Gasteiger partial charge in [-0.05, 0) is 44.6 Å². The van der Waals surface area contributed by atoms with Crippen LogP contribution in [0.25, 0.3) is 0 Å². The van der Waals surface area contributed by atoms with E-state index in [1.165, 1.54) is 19.3 Å².